The molecule has 5 aromatic heterocycles. The third-order valence-corrected chi connectivity index (χ3v) is 18.6. The molecule has 0 saturated carbocycles. The summed E-state index contributed by atoms with van der Waals surface area (Å²) in [6.45, 7) is 31.6. The summed E-state index contributed by atoms with van der Waals surface area (Å²) in [5, 5.41) is 40.5. The summed E-state index contributed by atoms with van der Waals surface area (Å²) in [7, 11) is 2.18. The molecule has 10 aromatic rings. The second-order valence-corrected chi connectivity index (χ2v) is 25.1. The van der Waals surface area contributed by atoms with E-state index < -0.39 is 0 Å². The van der Waals surface area contributed by atoms with Crippen LogP contribution < -0.4 is 52.4 Å². The van der Waals surface area contributed by atoms with Crippen LogP contribution in [0.15, 0.2) is 85.2 Å². The van der Waals surface area contributed by atoms with E-state index in [1.54, 1.807) is 24.3 Å². The number of anilines is 5. The Labute approximate surface area is 574 Å². The van der Waals surface area contributed by atoms with E-state index in [9.17, 15) is 0 Å². The van der Waals surface area contributed by atoms with Crippen molar-refractivity contribution in [2.75, 3.05) is 200 Å². The molecule has 3 saturated heterocycles. The minimum Gasteiger partial charge on any atom is -0.490 e. The van der Waals surface area contributed by atoms with Gasteiger partial charge in [0.05, 0.1) is 67.2 Å². The van der Waals surface area contributed by atoms with E-state index in [4.69, 9.17) is 77.5 Å². The first kappa shape index (κ1) is 73.6. The molecule has 0 amide bonds. The topological polar surface area (TPSA) is 351 Å². The van der Waals surface area contributed by atoms with E-state index in [0.29, 0.717) is 43.6 Å². The number of H-pyrrole nitrogens is 4. The number of morpholine rings is 1. The first-order chi connectivity index (χ1) is 47.4. The fourth-order valence-corrected chi connectivity index (χ4v) is 12.6. The predicted octanol–water partition coefficient (Wildman–Crippen LogP) is 7.13. The number of aliphatic hydroxyl groups is 4. The van der Waals surface area contributed by atoms with Gasteiger partial charge in [-0.3, -0.25) is 19.6 Å². The third kappa shape index (κ3) is 18.6. The lowest BCUT2D eigenvalue weighted by atomic mass is 10.1. The maximum atomic E-state index is 9.00. The molecule has 3 fully saturated rings. The second kappa shape index (κ2) is 35.8. The van der Waals surface area contributed by atoms with E-state index in [1.165, 1.54) is 16.7 Å². The minimum atomic E-state index is -0.0351. The lowest BCUT2D eigenvalue weighted by molar-refractivity contribution is 0.0323. The molecule has 3 aliphatic rings. The molecular formula is C73H105N15O10. The Hall–Kier alpha value is -8.60. The van der Waals surface area contributed by atoms with Crippen LogP contribution in [0.2, 0.25) is 0 Å². The number of hydrogen-bond acceptors (Lipinski definition) is 20. The number of aryl methyl sites for hydroxylation is 6. The van der Waals surface area contributed by atoms with E-state index in [0.717, 1.165) is 216 Å². The molecule has 8 heterocycles. The number of aromatic amines is 4. The highest BCUT2D eigenvalue weighted by molar-refractivity contribution is 6.01. The smallest absolute Gasteiger partial charge is 0.143 e. The first-order valence-corrected chi connectivity index (χ1v) is 34.0. The maximum absolute atomic E-state index is 9.00. The third-order valence-electron chi connectivity index (χ3n) is 18.6. The molecule has 0 atom stereocenters. The Morgan fingerprint density at radius 3 is 1.19 bits per heavy atom. The number of fused-ring (bicyclic) bond motifs is 5. The SMILES string of the molecule is Cc1[nH]c2c(OCCN3CCN(C)CC3)ccc(N)c2c1C.Cc1[nH]c2c(OCCN3CCN(CCO)CC3)ccc(N)c2c1C.Cc1[nH]c2c(OCCN3CCOCC3)ccc(N)c2c1C.Nc1ccc(OCCO)c2[nH]ccc12.Nc1ccc(OCCO)c2c1ccn2CCO. The fourth-order valence-electron chi connectivity index (χ4n) is 12.6. The van der Waals surface area contributed by atoms with Gasteiger partial charge in [0.25, 0.3) is 0 Å². The van der Waals surface area contributed by atoms with Gasteiger partial charge in [-0.2, -0.15) is 0 Å². The standard InChI is InChI=1S/C18H28N4O2.C17H26N4O.C16H23N3O2.C12H16N2O3.C10H12N2O2/c1-13-14(2)20-18-16(4-3-15(19)17(13)18)24-12-10-22-7-5-21(6-8-22)9-11-23;1-12-13(2)19-17-15(5-4-14(18)16(12)17)22-11-10-21-8-6-20(3)7-9-21;1-11-12(2)18-16-14(4-3-13(17)15(11)16)21-10-7-19-5-8-20-9-6-19;13-10-1-2-11(17-8-7-16)12-9(10)3-4-14(12)5-6-15;11-8-1-2-9(14-6-5-13)10-7(8)3-4-12-10/h3-4,20,23H,5-12,19H2,1-2H3;4-5,19H,6-11,18H2,1-3H3;3-4,18H,5-10,17H2,1-2H3;1-4,15-16H,5-8,13H2;1-4,12-13H,5-6,11H2. The van der Waals surface area contributed by atoms with Crippen LogP contribution in [-0.2, 0) is 11.3 Å². The Kier molecular flexibility index (Phi) is 26.9. The summed E-state index contributed by atoms with van der Waals surface area (Å²) < 4.78 is 36.1. The zero-order valence-corrected chi connectivity index (χ0v) is 58.3. The molecule has 0 radical (unpaired) electrons. The lowest BCUT2D eigenvalue weighted by Crippen LogP contribution is -2.48. The number of aromatic nitrogens is 5. The van der Waals surface area contributed by atoms with E-state index in [1.807, 2.05) is 65.5 Å². The number of β-amino-alcohol motifs (C(OH)–C–C–N with tert-alkyl or cyclic N) is 1. The van der Waals surface area contributed by atoms with Crippen LogP contribution in [0.5, 0.6) is 28.7 Å². The average Bonchev–Trinajstić information content (AvgIpc) is 1.80. The highest BCUT2D eigenvalue weighted by Crippen LogP contribution is 2.37. The van der Waals surface area contributed by atoms with Crippen molar-refractivity contribution in [2.45, 2.75) is 48.1 Å². The van der Waals surface area contributed by atoms with E-state index in [-0.39, 0.29) is 39.6 Å². The maximum Gasteiger partial charge on any atom is 0.143 e. The van der Waals surface area contributed by atoms with Crippen LogP contribution in [-0.4, -0.2) is 241 Å². The van der Waals surface area contributed by atoms with Crippen molar-refractivity contribution in [1.29, 1.82) is 0 Å². The number of benzene rings is 5. The number of ether oxygens (including phenoxy) is 6. The number of hydrogen-bond donors (Lipinski definition) is 13. The molecule has 0 bridgehead atoms. The van der Waals surface area contributed by atoms with Gasteiger partial charge in [0.1, 0.15) is 61.8 Å². The largest absolute Gasteiger partial charge is 0.490 e. The summed E-state index contributed by atoms with van der Waals surface area (Å²) in [6, 6.07) is 22.6. The van der Waals surface area contributed by atoms with Crippen LogP contribution >= 0.6 is 0 Å². The van der Waals surface area contributed by atoms with Crippen molar-refractivity contribution in [1.82, 2.24) is 49.0 Å². The molecule has 532 valence electrons. The molecule has 25 heteroatoms. The number of nitrogens with zero attached hydrogens (tertiary/aromatic N) is 6. The molecule has 0 aliphatic carbocycles. The molecule has 18 N–H and O–H groups in total. The van der Waals surface area contributed by atoms with Gasteiger partial charge in [0.2, 0.25) is 0 Å². The zero-order valence-electron chi connectivity index (χ0n) is 58.3. The van der Waals surface area contributed by atoms with Crippen molar-refractivity contribution in [3.05, 3.63) is 119 Å². The van der Waals surface area contributed by atoms with E-state index in [2.05, 4.69) is 93.0 Å². The van der Waals surface area contributed by atoms with Gasteiger partial charge < -0.3 is 107 Å². The van der Waals surface area contributed by atoms with Crippen LogP contribution in [0.4, 0.5) is 28.4 Å². The number of nitrogens with one attached hydrogen (secondary N) is 4. The number of piperazine rings is 2. The summed E-state index contributed by atoms with van der Waals surface area (Å²) in [4.78, 5) is 25.1. The fraction of sp³-hybridized carbons (Fsp3) is 0.452. The van der Waals surface area contributed by atoms with Crippen LogP contribution in [0.1, 0.15) is 33.8 Å². The number of aliphatic hydroxyl groups excluding tert-OH is 4. The quantitative estimate of drug-likeness (QED) is 0.0300. The van der Waals surface area contributed by atoms with Gasteiger partial charge in [-0.15, -0.1) is 0 Å². The van der Waals surface area contributed by atoms with Gasteiger partial charge in [0.15, 0.2) is 0 Å². The second-order valence-electron chi connectivity index (χ2n) is 25.1. The monoisotopic (exact) mass is 1350 g/mol. The number of likely N-dealkylation sites (N-methyl/N-ethyl adjacent to an activating group) is 1. The first-order valence-electron chi connectivity index (χ1n) is 34.0. The highest BCUT2D eigenvalue weighted by atomic mass is 16.5. The van der Waals surface area contributed by atoms with E-state index >= 15 is 0 Å². The summed E-state index contributed by atoms with van der Waals surface area (Å²) in [6.07, 6.45) is 3.68. The van der Waals surface area contributed by atoms with Gasteiger partial charge in [-0.1, -0.05) is 0 Å². The van der Waals surface area contributed by atoms with Crippen molar-refractivity contribution < 1.29 is 48.8 Å². The Balaban J connectivity index is 0.000000145. The van der Waals surface area contributed by atoms with Gasteiger partial charge in [0, 0.05) is 183 Å². The average molecular weight is 1350 g/mol. The zero-order chi connectivity index (χ0) is 69.8. The van der Waals surface area contributed by atoms with Crippen molar-refractivity contribution in [2.24, 2.45) is 0 Å². The Morgan fingerprint density at radius 1 is 0.388 bits per heavy atom. The Bertz CT molecular complexity index is 4140. The molecule has 0 spiro atoms. The Morgan fingerprint density at radius 2 is 0.755 bits per heavy atom. The minimum absolute atomic E-state index is 0.00653. The number of rotatable bonds is 22. The van der Waals surface area contributed by atoms with Crippen LogP contribution in [0, 0.1) is 41.5 Å². The molecule has 13 rings (SSSR count). The highest BCUT2D eigenvalue weighted by Gasteiger charge is 2.20. The van der Waals surface area contributed by atoms with Crippen molar-refractivity contribution in [3.8, 4) is 28.7 Å². The van der Waals surface area contributed by atoms with Crippen LogP contribution in [0.25, 0.3) is 54.5 Å². The van der Waals surface area contributed by atoms with Crippen molar-refractivity contribution in [3.63, 3.8) is 0 Å². The molecule has 0 unspecified atom stereocenters. The predicted molar refractivity (Wildman–Crippen MR) is 396 cm³/mol. The van der Waals surface area contributed by atoms with Gasteiger partial charge >= 0.3 is 0 Å². The molecule has 98 heavy (non-hydrogen) atoms. The number of nitrogens with two attached hydrogens (primary N) is 5. The molecular weight excluding hydrogens is 1250 g/mol. The lowest BCUT2D eigenvalue weighted by Gasteiger charge is -2.34. The summed E-state index contributed by atoms with van der Waals surface area (Å²) in [5.74, 6) is 4.03. The molecule has 25 nitrogen and oxygen atoms in total. The summed E-state index contributed by atoms with van der Waals surface area (Å²) >= 11 is 0. The van der Waals surface area contributed by atoms with Crippen molar-refractivity contribution >= 4 is 83.0 Å². The summed E-state index contributed by atoms with van der Waals surface area (Å²) in [5.41, 5.74) is 45.5. The molecule has 3 aliphatic heterocycles. The normalized spacial score (nSPS) is 14.9. The number of nitrogen functional groups attached to an aromatic ring is 5. The van der Waals surface area contributed by atoms with Gasteiger partial charge in [-0.25, -0.2) is 0 Å². The molecule has 5 aromatic carbocycles. The van der Waals surface area contributed by atoms with Gasteiger partial charge in [-0.05, 0) is 138 Å². The van der Waals surface area contributed by atoms with Crippen LogP contribution in [0.3, 0.4) is 0 Å².